The molecule has 0 bridgehead atoms. The van der Waals surface area contributed by atoms with Crippen LogP contribution in [0.15, 0.2) is 24.3 Å². The van der Waals surface area contributed by atoms with Gasteiger partial charge in [-0.15, -0.1) is 0 Å². The zero-order valence-corrected chi connectivity index (χ0v) is 11.8. The molecular weight excluding hydrogens is 261 g/mol. The molecule has 1 aromatic carbocycles. The molecule has 1 aliphatic heterocycles. The first-order valence-corrected chi connectivity index (χ1v) is 6.94. The van der Waals surface area contributed by atoms with Gasteiger partial charge in [0.15, 0.2) is 0 Å². The van der Waals surface area contributed by atoms with Crippen LogP contribution in [0.2, 0.25) is 0 Å². The molecule has 0 aromatic heterocycles. The fourth-order valence-electron chi connectivity index (χ4n) is 2.34. The molecule has 0 saturated carbocycles. The number of nitrogens with zero attached hydrogens (tertiary/aromatic N) is 1. The van der Waals surface area contributed by atoms with Gasteiger partial charge in [0, 0.05) is 39.1 Å². The lowest BCUT2D eigenvalue weighted by atomic mass is 9.94. The van der Waals surface area contributed by atoms with E-state index in [2.05, 4.69) is 4.90 Å². The summed E-state index contributed by atoms with van der Waals surface area (Å²) in [4.78, 5) is 2.05. The minimum absolute atomic E-state index is 0.267. The van der Waals surface area contributed by atoms with Crippen molar-refractivity contribution >= 4 is 0 Å². The van der Waals surface area contributed by atoms with Gasteiger partial charge in [-0.3, -0.25) is 0 Å². The van der Waals surface area contributed by atoms with Crippen LogP contribution in [0.3, 0.4) is 0 Å². The summed E-state index contributed by atoms with van der Waals surface area (Å²) in [5, 5.41) is 10.4. The lowest BCUT2D eigenvalue weighted by molar-refractivity contribution is -0.0775. The molecule has 1 N–H and O–H groups in total. The van der Waals surface area contributed by atoms with E-state index in [4.69, 9.17) is 9.47 Å². The minimum atomic E-state index is -0.650. The second kappa shape index (κ2) is 7.02. The Morgan fingerprint density at radius 3 is 2.60 bits per heavy atom. The van der Waals surface area contributed by atoms with Crippen molar-refractivity contribution in [3.63, 3.8) is 0 Å². The number of benzene rings is 1. The summed E-state index contributed by atoms with van der Waals surface area (Å²) >= 11 is 0. The topological polar surface area (TPSA) is 41.9 Å². The van der Waals surface area contributed by atoms with Crippen LogP contribution in [-0.4, -0.2) is 55.6 Å². The van der Waals surface area contributed by atoms with Crippen LogP contribution in [0.4, 0.5) is 4.39 Å². The van der Waals surface area contributed by atoms with Gasteiger partial charge in [-0.2, -0.15) is 0 Å². The summed E-state index contributed by atoms with van der Waals surface area (Å²) in [5.41, 5.74) is -0.650. The monoisotopic (exact) mass is 283 g/mol. The van der Waals surface area contributed by atoms with Crippen molar-refractivity contribution in [2.45, 2.75) is 18.4 Å². The molecule has 1 fully saturated rings. The molecular formula is C15H22FNO3. The molecule has 0 spiro atoms. The third-order valence-corrected chi connectivity index (χ3v) is 3.54. The average molecular weight is 283 g/mol. The van der Waals surface area contributed by atoms with Gasteiger partial charge in [-0.1, -0.05) is 0 Å². The van der Waals surface area contributed by atoms with E-state index < -0.39 is 5.60 Å². The molecule has 5 heteroatoms. The first-order chi connectivity index (χ1) is 9.57. The standard InChI is InChI=1S/C15H22FNO3/c1-17(12-15(18)6-9-19-10-7-15)8-11-20-14-4-2-13(16)3-5-14/h2-5,18H,6-12H2,1H3. The van der Waals surface area contributed by atoms with Crippen molar-refractivity contribution in [1.29, 1.82) is 0 Å². The molecule has 0 radical (unpaired) electrons. The molecule has 0 amide bonds. The maximum atomic E-state index is 12.7. The quantitative estimate of drug-likeness (QED) is 0.862. The first kappa shape index (κ1) is 15.2. The van der Waals surface area contributed by atoms with Crippen molar-refractivity contribution < 1.29 is 19.0 Å². The maximum Gasteiger partial charge on any atom is 0.123 e. The fraction of sp³-hybridized carbons (Fsp3) is 0.600. The predicted octanol–water partition coefficient (Wildman–Crippen LogP) is 1.68. The Balaban J connectivity index is 1.69. The average Bonchev–Trinajstić information content (AvgIpc) is 2.41. The van der Waals surface area contributed by atoms with Crippen molar-refractivity contribution in [2.24, 2.45) is 0 Å². The molecule has 0 unspecified atom stereocenters. The fourth-order valence-corrected chi connectivity index (χ4v) is 2.34. The van der Waals surface area contributed by atoms with E-state index in [0.29, 0.717) is 51.5 Å². The lowest BCUT2D eigenvalue weighted by Crippen LogP contribution is -2.46. The maximum absolute atomic E-state index is 12.7. The van der Waals surface area contributed by atoms with Crippen molar-refractivity contribution in [1.82, 2.24) is 4.90 Å². The van der Waals surface area contributed by atoms with Gasteiger partial charge in [-0.25, -0.2) is 4.39 Å². The van der Waals surface area contributed by atoms with Crippen LogP contribution in [0.1, 0.15) is 12.8 Å². The Labute approximate surface area is 119 Å². The Hall–Kier alpha value is -1.17. The van der Waals surface area contributed by atoms with Crippen LogP contribution in [0.25, 0.3) is 0 Å². The summed E-state index contributed by atoms with van der Waals surface area (Å²) in [7, 11) is 1.96. The van der Waals surface area contributed by atoms with E-state index in [1.807, 2.05) is 7.05 Å². The van der Waals surface area contributed by atoms with E-state index in [1.165, 1.54) is 12.1 Å². The minimum Gasteiger partial charge on any atom is -0.492 e. The smallest absolute Gasteiger partial charge is 0.123 e. The Morgan fingerprint density at radius 2 is 1.95 bits per heavy atom. The lowest BCUT2D eigenvalue weighted by Gasteiger charge is -2.35. The highest BCUT2D eigenvalue weighted by atomic mass is 19.1. The van der Waals surface area contributed by atoms with Crippen molar-refractivity contribution in [2.75, 3.05) is 40.0 Å². The highest BCUT2D eigenvalue weighted by molar-refractivity contribution is 5.21. The normalized spacial score (nSPS) is 18.2. The molecule has 0 atom stereocenters. The van der Waals surface area contributed by atoms with E-state index in [1.54, 1.807) is 12.1 Å². The van der Waals surface area contributed by atoms with Gasteiger partial charge in [0.25, 0.3) is 0 Å². The Kier molecular flexibility index (Phi) is 5.34. The van der Waals surface area contributed by atoms with Gasteiger partial charge in [0.2, 0.25) is 0 Å². The molecule has 1 heterocycles. The van der Waals surface area contributed by atoms with Crippen LogP contribution in [0.5, 0.6) is 5.75 Å². The van der Waals surface area contributed by atoms with Gasteiger partial charge in [-0.05, 0) is 31.3 Å². The number of aliphatic hydroxyl groups is 1. The zero-order valence-electron chi connectivity index (χ0n) is 11.8. The summed E-state index contributed by atoms with van der Waals surface area (Å²) in [6.45, 7) is 3.07. The SMILES string of the molecule is CN(CCOc1ccc(F)cc1)CC1(O)CCOCC1. The van der Waals surface area contributed by atoms with Crippen LogP contribution < -0.4 is 4.74 Å². The molecule has 1 aromatic rings. The van der Waals surface area contributed by atoms with Crippen molar-refractivity contribution in [3.8, 4) is 5.75 Å². The van der Waals surface area contributed by atoms with Gasteiger partial charge >= 0.3 is 0 Å². The van der Waals surface area contributed by atoms with E-state index in [9.17, 15) is 9.50 Å². The van der Waals surface area contributed by atoms with E-state index in [-0.39, 0.29) is 5.82 Å². The molecule has 1 saturated heterocycles. The third-order valence-electron chi connectivity index (χ3n) is 3.54. The number of likely N-dealkylation sites (N-methyl/N-ethyl adjacent to an activating group) is 1. The van der Waals surface area contributed by atoms with Gasteiger partial charge in [0.05, 0.1) is 5.60 Å². The van der Waals surface area contributed by atoms with E-state index in [0.717, 1.165) is 0 Å². The first-order valence-electron chi connectivity index (χ1n) is 6.94. The third kappa shape index (κ3) is 4.74. The molecule has 112 valence electrons. The molecule has 0 aliphatic carbocycles. The number of halogens is 1. The highest BCUT2D eigenvalue weighted by Gasteiger charge is 2.30. The number of rotatable bonds is 6. The Bertz CT molecular complexity index is 404. The molecule has 20 heavy (non-hydrogen) atoms. The summed E-state index contributed by atoms with van der Waals surface area (Å²) in [5.74, 6) is 0.390. The molecule has 4 nitrogen and oxygen atoms in total. The largest absolute Gasteiger partial charge is 0.492 e. The van der Waals surface area contributed by atoms with Gasteiger partial charge in [0.1, 0.15) is 18.2 Å². The number of ether oxygens (including phenoxy) is 2. The predicted molar refractivity (Wildman–Crippen MR) is 74.4 cm³/mol. The molecule has 2 rings (SSSR count). The second-order valence-corrected chi connectivity index (χ2v) is 5.38. The van der Waals surface area contributed by atoms with Crippen LogP contribution >= 0.6 is 0 Å². The van der Waals surface area contributed by atoms with Crippen LogP contribution in [-0.2, 0) is 4.74 Å². The summed E-state index contributed by atoms with van der Waals surface area (Å²) in [6, 6.07) is 5.98. The summed E-state index contributed by atoms with van der Waals surface area (Å²) < 4.78 is 23.5. The number of hydrogen-bond acceptors (Lipinski definition) is 4. The zero-order chi connectivity index (χ0) is 14.4. The second-order valence-electron chi connectivity index (χ2n) is 5.38. The van der Waals surface area contributed by atoms with Gasteiger partial charge < -0.3 is 19.5 Å². The molecule has 1 aliphatic rings. The van der Waals surface area contributed by atoms with Crippen molar-refractivity contribution in [3.05, 3.63) is 30.1 Å². The highest BCUT2D eigenvalue weighted by Crippen LogP contribution is 2.21. The number of hydrogen-bond donors (Lipinski definition) is 1. The Morgan fingerprint density at radius 1 is 1.30 bits per heavy atom. The van der Waals surface area contributed by atoms with Crippen LogP contribution in [0, 0.1) is 5.82 Å². The summed E-state index contributed by atoms with van der Waals surface area (Å²) in [6.07, 6.45) is 1.35. The van der Waals surface area contributed by atoms with E-state index >= 15 is 0 Å².